The van der Waals surface area contributed by atoms with Crippen LogP contribution in [0.2, 0.25) is 0 Å². The van der Waals surface area contributed by atoms with Crippen molar-refractivity contribution < 1.29 is 27.5 Å². The number of anilines is 1. The molecule has 1 aliphatic carbocycles. The molecule has 0 fully saturated rings. The predicted octanol–water partition coefficient (Wildman–Crippen LogP) is 1.91. The second-order valence-corrected chi connectivity index (χ2v) is 7.59. The van der Waals surface area contributed by atoms with Gasteiger partial charge in [-0.05, 0) is 60.7 Å². The SMILES string of the molecule is NC(=O)c1ccc(NS(=O)(=O)c2cc(C(=O)O)cc3c2CCC3)cc1F. The maximum Gasteiger partial charge on any atom is 0.335 e. The molecule has 9 heteroatoms. The molecule has 0 saturated carbocycles. The summed E-state index contributed by atoms with van der Waals surface area (Å²) in [5.41, 5.74) is 5.68. The number of hydrogen-bond donors (Lipinski definition) is 3. The molecule has 1 amide bonds. The molecule has 0 aliphatic heterocycles. The Bertz CT molecular complexity index is 1030. The van der Waals surface area contributed by atoms with Gasteiger partial charge in [-0.1, -0.05) is 0 Å². The fraction of sp³-hybridized carbons (Fsp3) is 0.176. The van der Waals surface area contributed by atoms with E-state index in [4.69, 9.17) is 5.73 Å². The van der Waals surface area contributed by atoms with E-state index in [2.05, 4.69) is 4.72 Å². The van der Waals surface area contributed by atoms with Crippen LogP contribution in [0.1, 0.15) is 38.3 Å². The average Bonchev–Trinajstić information content (AvgIpc) is 3.01. The summed E-state index contributed by atoms with van der Waals surface area (Å²) in [5, 5.41) is 9.21. The second kappa shape index (κ2) is 6.41. The summed E-state index contributed by atoms with van der Waals surface area (Å²) in [6.07, 6.45) is 1.84. The van der Waals surface area contributed by atoms with Gasteiger partial charge in [0.05, 0.1) is 21.7 Å². The lowest BCUT2D eigenvalue weighted by atomic mass is 10.1. The summed E-state index contributed by atoms with van der Waals surface area (Å²) in [6, 6.07) is 5.71. The van der Waals surface area contributed by atoms with Crippen LogP contribution >= 0.6 is 0 Å². The number of carbonyl (C=O) groups is 2. The van der Waals surface area contributed by atoms with Gasteiger partial charge in [0.15, 0.2) is 0 Å². The van der Waals surface area contributed by atoms with E-state index >= 15 is 0 Å². The zero-order chi connectivity index (χ0) is 19.1. The normalized spacial score (nSPS) is 13.3. The minimum atomic E-state index is -4.14. The molecule has 7 nitrogen and oxygen atoms in total. The van der Waals surface area contributed by atoms with Crippen molar-refractivity contribution in [1.29, 1.82) is 0 Å². The highest BCUT2D eigenvalue weighted by molar-refractivity contribution is 7.92. The molecule has 0 spiro atoms. The van der Waals surface area contributed by atoms with Gasteiger partial charge in [0.1, 0.15) is 5.82 Å². The van der Waals surface area contributed by atoms with E-state index < -0.39 is 27.7 Å². The largest absolute Gasteiger partial charge is 0.478 e. The highest BCUT2D eigenvalue weighted by atomic mass is 32.2. The summed E-state index contributed by atoms with van der Waals surface area (Å²) >= 11 is 0. The summed E-state index contributed by atoms with van der Waals surface area (Å²) < 4.78 is 41.6. The molecule has 26 heavy (non-hydrogen) atoms. The number of rotatable bonds is 5. The van der Waals surface area contributed by atoms with Crippen molar-refractivity contribution in [2.75, 3.05) is 4.72 Å². The Hall–Kier alpha value is -2.94. The minimum absolute atomic E-state index is 0.0972. The smallest absolute Gasteiger partial charge is 0.335 e. The van der Waals surface area contributed by atoms with Crippen LogP contribution in [0.5, 0.6) is 0 Å². The van der Waals surface area contributed by atoms with Crippen molar-refractivity contribution in [2.24, 2.45) is 5.73 Å². The number of hydrogen-bond acceptors (Lipinski definition) is 4. The number of amides is 1. The fourth-order valence-electron chi connectivity index (χ4n) is 3.02. The van der Waals surface area contributed by atoms with Crippen LogP contribution in [0.15, 0.2) is 35.2 Å². The lowest BCUT2D eigenvalue weighted by Crippen LogP contribution is -2.17. The number of nitrogens with one attached hydrogen (secondary N) is 1. The summed E-state index contributed by atoms with van der Waals surface area (Å²) in [5.74, 6) is -3.15. The molecule has 0 aromatic heterocycles. The Balaban J connectivity index is 2.03. The monoisotopic (exact) mass is 378 g/mol. The topological polar surface area (TPSA) is 127 Å². The van der Waals surface area contributed by atoms with E-state index in [0.717, 1.165) is 24.6 Å². The zero-order valence-electron chi connectivity index (χ0n) is 13.5. The van der Waals surface area contributed by atoms with Gasteiger partial charge in [-0.3, -0.25) is 9.52 Å². The first-order chi connectivity index (χ1) is 12.2. The third kappa shape index (κ3) is 3.25. The van der Waals surface area contributed by atoms with Gasteiger partial charge in [-0.2, -0.15) is 0 Å². The molecule has 0 unspecified atom stereocenters. The van der Waals surface area contributed by atoms with Crippen molar-refractivity contribution >= 4 is 27.6 Å². The number of aryl methyl sites for hydroxylation is 1. The molecule has 136 valence electrons. The number of carbonyl (C=O) groups excluding carboxylic acids is 1. The lowest BCUT2D eigenvalue weighted by Gasteiger charge is -2.13. The number of sulfonamides is 1. The molecule has 0 heterocycles. The van der Waals surface area contributed by atoms with Crippen LogP contribution < -0.4 is 10.5 Å². The van der Waals surface area contributed by atoms with E-state index in [9.17, 15) is 27.5 Å². The highest BCUT2D eigenvalue weighted by Gasteiger charge is 2.26. The van der Waals surface area contributed by atoms with Crippen molar-refractivity contribution in [3.63, 3.8) is 0 Å². The Morgan fingerprint density at radius 2 is 1.88 bits per heavy atom. The van der Waals surface area contributed by atoms with E-state index in [1.165, 1.54) is 12.1 Å². The summed E-state index contributed by atoms with van der Waals surface area (Å²) in [6.45, 7) is 0. The molecule has 2 aromatic rings. The highest BCUT2D eigenvalue weighted by Crippen LogP contribution is 2.31. The molecule has 0 radical (unpaired) electrons. The number of aromatic carboxylic acids is 1. The summed E-state index contributed by atoms with van der Waals surface area (Å²) in [4.78, 5) is 22.2. The van der Waals surface area contributed by atoms with Crippen molar-refractivity contribution in [3.05, 3.63) is 58.4 Å². The first-order valence-corrected chi connectivity index (χ1v) is 9.18. The first-order valence-electron chi connectivity index (χ1n) is 7.70. The maximum atomic E-state index is 13.9. The first kappa shape index (κ1) is 17.9. The average molecular weight is 378 g/mol. The van der Waals surface area contributed by atoms with Crippen LogP contribution in [0.25, 0.3) is 0 Å². The van der Waals surface area contributed by atoms with Gasteiger partial charge < -0.3 is 10.8 Å². The van der Waals surface area contributed by atoms with Crippen molar-refractivity contribution in [1.82, 2.24) is 0 Å². The maximum absolute atomic E-state index is 13.9. The van der Waals surface area contributed by atoms with Crippen molar-refractivity contribution in [2.45, 2.75) is 24.2 Å². The molecule has 4 N–H and O–H groups in total. The van der Waals surface area contributed by atoms with Gasteiger partial charge in [-0.15, -0.1) is 0 Å². The third-order valence-corrected chi connectivity index (χ3v) is 5.65. The number of carboxylic acids is 1. The number of nitrogens with two attached hydrogens (primary N) is 1. The quantitative estimate of drug-likeness (QED) is 0.732. The molecular weight excluding hydrogens is 363 g/mol. The van der Waals surface area contributed by atoms with Gasteiger partial charge in [0, 0.05) is 0 Å². The Labute approximate surface area is 148 Å². The van der Waals surface area contributed by atoms with E-state index in [0.29, 0.717) is 24.0 Å². The van der Waals surface area contributed by atoms with E-state index in [1.807, 2.05) is 0 Å². The Kier molecular flexibility index (Phi) is 4.41. The van der Waals surface area contributed by atoms with E-state index in [1.54, 1.807) is 0 Å². The Morgan fingerprint density at radius 1 is 1.15 bits per heavy atom. The van der Waals surface area contributed by atoms with Gasteiger partial charge in [0.25, 0.3) is 15.9 Å². The van der Waals surface area contributed by atoms with Crippen molar-refractivity contribution in [3.8, 4) is 0 Å². The standard InChI is InChI=1S/C17H15FN2O5S/c18-14-8-11(4-5-13(14)16(19)21)20-26(24,25)15-7-10(17(22)23)6-9-2-1-3-12(9)15/h4-8,20H,1-3H2,(H2,19,21)(H,22,23). The lowest BCUT2D eigenvalue weighted by molar-refractivity contribution is 0.0696. The van der Waals surface area contributed by atoms with Gasteiger partial charge in [-0.25, -0.2) is 17.6 Å². The van der Waals surface area contributed by atoms with Crippen LogP contribution in [-0.2, 0) is 22.9 Å². The minimum Gasteiger partial charge on any atom is -0.478 e. The summed E-state index contributed by atoms with van der Waals surface area (Å²) in [7, 11) is -4.14. The molecular formula is C17H15FN2O5S. The number of fused-ring (bicyclic) bond motifs is 1. The Morgan fingerprint density at radius 3 is 2.50 bits per heavy atom. The number of benzene rings is 2. The molecule has 0 bridgehead atoms. The zero-order valence-corrected chi connectivity index (χ0v) is 14.3. The molecule has 1 aliphatic rings. The van der Waals surface area contributed by atoms with Gasteiger partial charge in [0.2, 0.25) is 0 Å². The van der Waals surface area contributed by atoms with Crippen LogP contribution in [0.3, 0.4) is 0 Å². The molecule has 0 saturated heterocycles. The van der Waals surface area contributed by atoms with Crippen LogP contribution in [0.4, 0.5) is 10.1 Å². The molecule has 2 aromatic carbocycles. The van der Waals surface area contributed by atoms with Crippen LogP contribution in [-0.4, -0.2) is 25.4 Å². The molecule has 0 atom stereocenters. The predicted molar refractivity (Wildman–Crippen MR) is 91.2 cm³/mol. The number of carboxylic acid groups (broad SMARTS) is 1. The van der Waals surface area contributed by atoms with Crippen LogP contribution in [0, 0.1) is 5.82 Å². The third-order valence-electron chi connectivity index (χ3n) is 4.20. The fourth-order valence-corrected chi connectivity index (χ4v) is 4.40. The number of halogens is 1. The number of primary amides is 1. The van der Waals surface area contributed by atoms with E-state index in [-0.39, 0.29) is 21.7 Å². The second-order valence-electron chi connectivity index (χ2n) is 5.94. The van der Waals surface area contributed by atoms with Gasteiger partial charge >= 0.3 is 5.97 Å². The molecule has 3 rings (SSSR count).